The molecule has 44 heavy (non-hydrogen) atoms. The highest BCUT2D eigenvalue weighted by Gasteiger charge is 2.33. The van der Waals surface area contributed by atoms with Gasteiger partial charge in [-0.2, -0.15) is 0 Å². The zero-order valence-electron chi connectivity index (χ0n) is 24.8. The highest BCUT2D eigenvalue weighted by atomic mass is 35.5. The number of piperidine rings is 2. The van der Waals surface area contributed by atoms with Crippen molar-refractivity contribution in [2.45, 2.75) is 37.6 Å². The van der Waals surface area contributed by atoms with Gasteiger partial charge in [0, 0.05) is 29.2 Å². The van der Waals surface area contributed by atoms with Gasteiger partial charge >= 0.3 is 0 Å². The SMILES string of the molecule is O=C(NC(C(=O)c1ccccc1)C1CCNCC1)c1cc(Cl)ccc1C1CCN(CCN2C(=O)COc3ccccc32)CC1. The van der Waals surface area contributed by atoms with Crippen LogP contribution < -0.4 is 20.3 Å². The van der Waals surface area contributed by atoms with Gasteiger partial charge in [0.2, 0.25) is 0 Å². The number of benzene rings is 3. The van der Waals surface area contributed by atoms with E-state index in [9.17, 15) is 14.4 Å². The molecule has 9 heteroatoms. The second-order valence-corrected chi connectivity index (χ2v) is 12.4. The smallest absolute Gasteiger partial charge is 0.265 e. The fourth-order valence-electron chi connectivity index (χ4n) is 6.77. The van der Waals surface area contributed by atoms with Gasteiger partial charge in [-0.1, -0.05) is 60.1 Å². The van der Waals surface area contributed by atoms with Gasteiger partial charge in [0.05, 0.1) is 11.7 Å². The predicted molar refractivity (Wildman–Crippen MR) is 172 cm³/mol. The van der Waals surface area contributed by atoms with Gasteiger partial charge < -0.3 is 25.2 Å². The Hall–Kier alpha value is -3.72. The van der Waals surface area contributed by atoms with Gasteiger partial charge in [0.25, 0.3) is 11.8 Å². The molecule has 2 amide bonds. The van der Waals surface area contributed by atoms with Gasteiger partial charge in [-0.15, -0.1) is 0 Å². The van der Waals surface area contributed by atoms with Crippen LogP contribution in [0.1, 0.15) is 57.9 Å². The Morgan fingerprint density at radius 3 is 2.43 bits per heavy atom. The van der Waals surface area contributed by atoms with Crippen LogP contribution in [0.4, 0.5) is 5.69 Å². The third-order valence-corrected chi connectivity index (χ3v) is 9.45. The van der Waals surface area contributed by atoms with E-state index in [1.165, 1.54) is 0 Å². The number of Topliss-reactive ketones (excluding diaryl/α,β-unsaturated/α-hetero) is 1. The molecule has 0 bridgehead atoms. The molecule has 3 aliphatic heterocycles. The van der Waals surface area contributed by atoms with Crippen LogP contribution in [0.15, 0.2) is 72.8 Å². The van der Waals surface area contributed by atoms with E-state index in [1.807, 2.05) is 71.6 Å². The summed E-state index contributed by atoms with van der Waals surface area (Å²) in [7, 11) is 0. The largest absolute Gasteiger partial charge is 0.482 e. The molecule has 2 N–H and O–H groups in total. The Bertz CT molecular complexity index is 1490. The molecule has 3 aromatic carbocycles. The van der Waals surface area contributed by atoms with Crippen molar-refractivity contribution >= 4 is 34.9 Å². The molecule has 0 aromatic heterocycles. The van der Waals surface area contributed by atoms with Crippen molar-refractivity contribution in [2.75, 3.05) is 50.8 Å². The summed E-state index contributed by atoms with van der Waals surface area (Å²) in [5.41, 5.74) is 2.95. The third-order valence-electron chi connectivity index (χ3n) is 9.22. The van der Waals surface area contributed by atoms with Crippen molar-refractivity contribution in [3.05, 3.63) is 94.5 Å². The average Bonchev–Trinajstić information content (AvgIpc) is 3.07. The number of anilines is 1. The highest BCUT2D eigenvalue weighted by molar-refractivity contribution is 6.31. The first kappa shape index (κ1) is 30.3. The lowest BCUT2D eigenvalue weighted by Gasteiger charge is -2.35. The van der Waals surface area contributed by atoms with Gasteiger partial charge in [0.15, 0.2) is 12.4 Å². The van der Waals surface area contributed by atoms with Crippen molar-refractivity contribution in [3.63, 3.8) is 0 Å². The second-order valence-electron chi connectivity index (χ2n) is 11.9. The monoisotopic (exact) mass is 614 g/mol. The maximum absolute atomic E-state index is 13.9. The Labute approximate surface area is 263 Å². The number of nitrogens with one attached hydrogen (secondary N) is 2. The molecule has 1 unspecified atom stereocenters. The van der Waals surface area contributed by atoms with Crippen molar-refractivity contribution in [1.82, 2.24) is 15.5 Å². The first-order valence-corrected chi connectivity index (χ1v) is 16.0. The van der Waals surface area contributed by atoms with Crippen molar-refractivity contribution in [2.24, 2.45) is 5.92 Å². The maximum atomic E-state index is 13.9. The van der Waals surface area contributed by atoms with Crippen LogP contribution in [-0.2, 0) is 4.79 Å². The highest BCUT2D eigenvalue weighted by Crippen LogP contribution is 2.34. The summed E-state index contributed by atoms with van der Waals surface area (Å²) < 4.78 is 5.59. The first-order chi connectivity index (χ1) is 21.5. The first-order valence-electron chi connectivity index (χ1n) is 15.6. The van der Waals surface area contributed by atoms with E-state index in [1.54, 1.807) is 6.07 Å². The molecule has 3 aromatic rings. The standard InChI is InChI=1S/C35H39ClN4O4/c36-27-10-11-28(24-14-18-39(19-15-24)20-21-40-30-8-4-5-9-31(30)44-23-32(40)41)29(22-27)35(43)38-33(25-12-16-37-17-13-25)34(42)26-6-2-1-3-7-26/h1-11,22,24-25,33,37H,12-21,23H2,(H,38,43). The summed E-state index contributed by atoms with van der Waals surface area (Å²) in [5.74, 6) is 0.670. The molecule has 0 aliphatic carbocycles. The van der Waals surface area contributed by atoms with Gasteiger partial charge in [-0.05, 0) is 93.5 Å². The molecular formula is C35H39ClN4O4. The molecule has 6 rings (SSSR count). The zero-order chi connectivity index (χ0) is 30.5. The van der Waals surface area contributed by atoms with Crippen LogP contribution in [0.3, 0.4) is 0 Å². The van der Waals surface area contributed by atoms with E-state index >= 15 is 0 Å². The summed E-state index contributed by atoms with van der Waals surface area (Å²) in [6.07, 6.45) is 3.42. The molecule has 230 valence electrons. The number of para-hydroxylation sites is 2. The number of rotatable bonds is 9. The fraction of sp³-hybridized carbons (Fsp3) is 0.400. The van der Waals surface area contributed by atoms with E-state index in [-0.39, 0.29) is 36.0 Å². The van der Waals surface area contributed by atoms with Crippen LogP contribution in [-0.4, -0.2) is 74.4 Å². The fourth-order valence-corrected chi connectivity index (χ4v) is 6.94. The molecule has 0 spiro atoms. The number of nitrogens with zero attached hydrogens (tertiary/aromatic N) is 2. The molecule has 0 saturated carbocycles. The Kier molecular flexibility index (Phi) is 9.60. The van der Waals surface area contributed by atoms with Crippen LogP contribution >= 0.6 is 11.6 Å². The van der Waals surface area contributed by atoms with E-state index < -0.39 is 6.04 Å². The number of carbonyl (C=O) groups is 3. The van der Waals surface area contributed by atoms with Gasteiger partial charge in [0.1, 0.15) is 5.75 Å². The Morgan fingerprint density at radius 1 is 0.932 bits per heavy atom. The molecule has 3 aliphatic rings. The maximum Gasteiger partial charge on any atom is 0.265 e. The summed E-state index contributed by atoms with van der Waals surface area (Å²) in [6.45, 7) is 4.80. The minimum absolute atomic E-state index is 0.0241. The molecule has 3 heterocycles. The Balaban J connectivity index is 1.13. The lowest BCUT2D eigenvalue weighted by atomic mass is 9.84. The lowest BCUT2D eigenvalue weighted by Crippen LogP contribution is -2.49. The van der Waals surface area contributed by atoms with Crippen molar-refractivity contribution < 1.29 is 19.1 Å². The molecule has 1 atom stereocenters. The lowest BCUT2D eigenvalue weighted by molar-refractivity contribution is -0.121. The summed E-state index contributed by atoms with van der Waals surface area (Å²) in [4.78, 5) is 44.4. The molecule has 2 saturated heterocycles. The number of likely N-dealkylation sites (tertiary alicyclic amines) is 1. The zero-order valence-corrected chi connectivity index (χ0v) is 25.6. The number of hydrogen-bond acceptors (Lipinski definition) is 6. The summed E-state index contributed by atoms with van der Waals surface area (Å²) in [6, 6.07) is 21.8. The Morgan fingerprint density at radius 2 is 1.66 bits per heavy atom. The normalized spacial score (nSPS) is 18.8. The predicted octanol–water partition coefficient (Wildman–Crippen LogP) is 4.93. The van der Waals surface area contributed by atoms with E-state index in [4.69, 9.17) is 16.3 Å². The van der Waals surface area contributed by atoms with E-state index in [0.29, 0.717) is 22.7 Å². The van der Waals surface area contributed by atoms with Crippen molar-refractivity contribution in [1.29, 1.82) is 0 Å². The third kappa shape index (κ3) is 6.83. The second kappa shape index (κ2) is 13.9. The number of ketones is 1. The average molecular weight is 615 g/mol. The van der Waals surface area contributed by atoms with Crippen LogP contribution in [0, 0.1) is 5.92 Å². The molecule has 0 radical (unpaired) electrons. The number of halogens is 1. The van der Waals surface area contributed by atoms with Crippen molar-refractivity contribution in [3.8, 4) is 5.75 Å². The summed E-state index contributed by atoms with van der Waals surface area (Å²) >= 11 is 6.42. The van der Waals surface area contributed by atoms with Crippen LogP contribution in [0.25, 0.3) is 0 Å². The van der Waals surface area contributed by atoms with E-state index in [0.717, 1.165) is 75.4 Å². The molecule has 8 nitrogen and oxygen atoms in total. The minimum atomic E-state index is -0.603. The molecule has 2 fully saturated rings. The number of hydrogen-bond donors (Lipinski definition) is 2. The number of fused-ring (bicyclic) bond motifs is 1. The molecular weight excluding hydrogens is 576 g/mol. The quantitative estimate of drug-likeness (QED) is 0.332. The number of carbonyl (C=O) groups excluding carboxylic acids is 3. The van der Waals surface area contributed by atoms with Crippen LogP contribution in [0.5, 0.6) is 5.75 Å². The van der Waals surface area contributed by atoms with Gasteiger partial charge in [-0.3, -0.25) is 14.4 Å². The minimum Gasteiger partial charge on any atom is -0.482 e. The van der Waals surface area contributed by atoms with Crippen LogP contribution in [0.2, 0.25) is 5.02 Å². The summed E-state index contributed by atoms with van der Waals surface area (Å²) in [5, 5.41) is 7.01. The topological polar surface area (TPSA) is 91.0 Å². The number of ether oxygens (including phenoxy) is 1. The van der Waals surface area contributed by atoms with E-state index in [2.05, 4.69) is 15.5 Å². The van der Waals surface area contributed by atoms with Gasteiger partial charge in [-0.25, -0.2) is 0 Å². The number of amides is 2.